The SMILES string of the molecule is c1ccc(-c2nc(-c3cccc(-n4c5ccccc5c5c6ccc7ccc8ccccc8c7c6ccc54)c3)nc(-c3ccc4ccccc4c3)n2)cc1. The Morgan fingerprint density at radius 2 is 0.887 bits per heavy atom. The van der Waals surface area contributed by atoms with Crippen LogP contribution >= 0.6 is 0 Å². The maximum atomic E-state index is 5.12. The van der Waals surface area contributed by atoms with E-state index in [2.05, 4.69) is 156 Å². The summed E-state index contributed by atoms with van der Waals surface area (Å²) < 4.78 is 2.38. The summed E-state index contributed by atoms with van der Waals surface area (Å²) in [6.07, 6.45) is 0. The van der Waals surface area contributed by atoms with E-state index in [4.69, 9.17) is 15.0 Å². The molecule has 0 saturated carbocycles. The van der Waals surface area contributed by atoms with Crippen molar-refractivity contribution in [2.45, 2.75) is 0 Å². The van der Waals surface area contributed by atoms with Gasteiger partial charge in [0.05, 0.1) is 11.0 Å². The molecule has 0 radical (unpaired) electrons. The fourth-order valence-electron chi connectivity index (χ4n) is 8.12. The molecule has 11 rings (SSSR count). The highest BCUT2D eigenvalue weighted by molar-refractivity contribution is 6.29. The third-order valence-electron chi connectivity index (χ3n) is 10.6. The Bertz CT molecular complexity index is 3230. The molecule has 9 aromatic carbocycles. The zero-order valence-electron chi connectivity index (χ0n) is 28.6. The monoisotopic (exact) mass is 674 g/mol. The molecule has 0 aliphatic rings. The van der Waals surface area contributed by atoms with Gasteiger partial charge < -0.3 is 4.57 Å². The molecule has 0 aliphatic heterocycles. The van der Waals surface area contributed by atoms with Crippen molar-refractivity contribution in [2.75, 3.05) is 0 Å². The minimum Gasteiger partial charge on any atom is -0.309 e. The second-order valence-corrected chi connectivity index (χ2v) is 13.6. The first kappa shape index (κ1) is 29.5. The molecule has 0 N–H and O–H groups in total. The van der Waals surface area contributed by atoms with Crippen LogP contribution in [0.25, 0.3) is 105 Å². The lowest BCUT2D eigenvalue weighted by molar-refractivity contribution is 1.07. The van der Waals surface area contributed by atoms with Crippen molar-refractivity contribution in [3.8, 4) is 39.9 Å². The summed E-state index contributed by atoms with van der Waals surface area (Å²) in [5.74, 6) is 1.92. The first-order valence-corrected chi connectivity index (χ1v) is 17.9. The molecule has 4 heteroatoms. The standard InChI is InChI=1S/C49H30N4/c1-2-13-34(14-3-1)47-50-48(52-49(51-47)37-24-21-31-11-4-5-15-35(31)29-37)36-16-10-17-38(30-36)53-43-20-9-8-19-42(43)46-41-26-25-33-23-22-32-12-6-7-18-39(32)45(33)40(41)27-28-44(46)53/h1-30H. The van der Waals surface area contributed by atoms with Crippen LogP contribution in [0.5, 0.6) is 0 Å². The van der Waals surface area contributed by atoms with E-state index < -0.39 is 0 Å². The molecule has 0 saturated heterocycles. The molecular weight excluding hydrogens is 645 g/mol. The van der Waals surface area contributed by atoms with Gasteiger partial charge in [-0.15, -0.1) is 0 Å². The van der Waals surface area contributed by atoms with Crippen molar-refractivity contribution < 1.29 is 0 Å². The van der Waals surface area contributed by atoms with Crippen LogP contribution in [0.1, 0.15) is 0 Å². The number of para-hydroxylation sites is 1. The van der Waals surface area contributed by atoms with Crippen molar-refractivity contribution in [3.05, 3.63) is 182 Å². The van der Waals surface area contributed by atoms with Gasteiger partial charge in [-0.25, -0.2) is 15.0 Å². The van der Waals surface area contributed by atoms with Gasteiger partial charge in [-0.05, 0) is 73.4 Å². The summed E-state index contributed by atoms with van der Waals surface area (Å²) in [7, 11) is 0. The number of hydrogen-bond donors (Lipinski definition) is 0. The molecule has 2 aromatic heterocycles. The van der Waals surface area contributed by atoms with Crippen LogP contribution in [0.2, 0.25) is 0 Å². The van der Waals surface area contributed by atoms with E-state index in [1.165, 1.54) is 48.5 Å². The maximum Gasteiger partial charge on any atom is 0.164 e. The predicted molar refractivity (Wildman–Crippen MR) is 220 cm³/mol. The molecule has 11 aromatic rings. The summed E-state index contributed by atoms with van der Waals surface area (Å²) in [5.41, 5.74) is 6.19. The molecule has 0 unspecified atom stereocenters. The topological polar surface area (TPSA) is 43.6 Å². The van der Waals surface area contributed by atoms with Gasteiger partial charge in [0.15, 0.2) is 17.5 Å². The molecule has 2 heterocycles. The van der Waals surface area contributed by atoms with Crippen LogP contribution in [-0.2, 0) is 0 Å². The maximum absolute atomic E-state index is 5.12. The van der Waals surface area contributed by atoms with Crippen LogP contribution in [0.3, 0.4) is 0 Å². The number of rotatable bonds is 4. The number of fused-ring (bicyclic) bond motifs is 10. The average molecular weight is 675 g/mol. The van der Waals surface area contributed by atoms with Crippen LogP contribution in [0, 0.1) is 0 Å². The number of aromatic nitrogens is 4. The zero-order valence-corrected chi connectivity index (χ0v) is 28.6. The fourth-order valence-corrected chi connectivity index (χ4v) is 8.12. The molecule has 0 amide bonds. The highest BCUT2D eigenvalue weighted by Gasteiger charge is 2.18. The largest absolute Gasteiger partial charge is 0.309 e. The minimum absolute atomic E-state index is 0.633. The summed E-state index contributed by atoms with van der Waals surface area (Å²) in [6, 6.07) is 64.6. The van der Waals surface area contributed by atoms with Gasteiger partial charge in [-0.3, -0.25) is 0 Å². The second kappa shape index (κ2) is 11.7. The van der Waals surface area contributed by atoms with Crippen molar-refractivity contribution in [2.24, 2.45) is 0 Å². The quantitative estimate of drug-likeness (QED) is 0.175. The van der Waals surface area contributed by atoms with Gasteiger partial charge in [0.2, 0.25) is 0 Å². The smallest absolute Gasteiger partial charge is 0.164 e. The Labute approximate surface area is 305 Å². The lowest BCUT2D eigenvalue weighted by Gasteiger charge is -2.12. The lowest BCUT2D eigenvalue weighted by atomic mass is 9.94. The van der Waals surface area contributed by atoms with E-state index in [0.717, 1.165) is 38.8 Å². The van der Waals surface area contributed by atoms with E-state index in [-0.39, 0.29) is 0 Å². The van der Waals surface area contributed by atoms with Gasteiger partial charge >= 0.3 is 0 Å². The Morgan fingerprint density at radius 1 is 0.302 bits per heavy atom. The molecule has 4 nitrogen and oxygen atoms in total. The fraction of sp³-hybridized carbons (Fsp3) is 0. The number of hydrogen-bond acceptors (Lipinski definition) is 3. The zero-order chi connectivity index (χ0) is 34.9. The number of benzene rings is 9. The molecular formula is C49H30N4. The molecule has 0 bridgehead atoms. The molecule has 0 spiro atoms. The molecule has 246 valence electrons. The summed E-state index contributed by atoms with van der Waals surface area (Å²) in [4.78, 5) is 15.2. The Kier molecular flexibility index (Phi) is 6.52. The minimum atomic E-state index is 0.633. The molecule has 0 atom stereocenters. The van der Waals surface area contributed by atoms with E-state index >= 15 is 0 Å². The second-order valence-electron chi connectivity index (χ2n) is 13.6. The average Bonchev–Trinajstić information content (AvgIpc) is 3.58. The first-order chi connectivity index (χ1) is 26.3. The van der Waals surface area contributed by atoms with Crippen molar-refractivity contribution in [3.63, 3.8) is 0 Å². The van der Waals surface area contributed by atoms with E-state index in [1.54, 1.807) is 0 Å². The number of nitrogens with zero attached hydrogens (tertiary/aromatic N) is 4. The molecule has 0 fully saturated rings. The Morgan fingerprint density at radius 3 is 1.74 bits per heavy atom. The van der Waals surface area contributed by atoms with Crippen LogP contribution in [0.4, 0.5) is 0 Å². The molecule has 53 heavy (non-hydrogen) atoms. The van der Waals surface area contributed by atoms with Gasteiger partial charge in [0.1, 0.15) is 0 Å². The van der Waals surface area contributed by atoms with Crippen LogP contribution in [-0.4, -0.2) is 19.5 Å². The van der Waals surface area contributed by atoms with Crippen molar-refractivity contribution in [1.29, 1.82) is 0 Å². The highest BCUT2D eigenvalue weighted by Crippen LogP contribution is 2.41. The van der Waals surface area contributed by atoms with Gasteiger partial charge in [0, 0.05) is 33.2 Å². The third-order valence-corrected chi connectivity index (χ3v) is 10.6. The van der Waals surface area contributed by atoms with E-state index in [1.807, 2.05) is 30.3 Å². The predicted octanol–water partition coefficient (Wildman–Crippen LogP) is 12.6. The first-order valence-electron chi connectivity index (χ1n) is 17.9. The Balaban J connectivity index is 1.13. The summed E-state index contributed by atoms with van der Waals surface area (Å²) >= 11 is 0. The third kappa shape index (κ3) is 4.73. The van der Waals surface area contributed by atoms with Crippen molar-refractivity contribution >= 4 is 64.9 Å². The molecule has 0 aliphatic carbocycles. The van der Waals surface area contributed by atoms with E-state index in [9.17, 15) is 0 Å². The van der Waals surface area contributed by atoms with Gasteiger partial charge in [-0.1, -0.05) is 152 Å². The van der Waals surface area contributed by atoms with Crippen LogP contribution < -0.4 is 0 Å². The van der Waals surface area contributed by atoms with Gasteiger partial charge in [0.25, 0.3) is 0 Å². The summed E-state index contributed by atoms with van der Waals surface area (Å²) in [5, 5.41) is 12.4. The van der Waals surface area contributed by atoms with Crippen LogP contribution in [0.15, 0.2) is 182 Å². The van der Waals surface area contributed by atoms with Crippen molar-refractivity contribution in [1.82, 2.24) is 19.5 Å². The lowest BCUT2D eigenvalue weighted by Crippen LogP contribution is -2.01. The normalized spacial score (nSPS) is 11.8. The highest BCUT2D eigenvalue weighted by atomic mass is 15.0. The van der Waals surface area contributed by atoms with Gasteiger partial charge in [-0.2, -0.15) is 0 Å². The van der Waals surface area contributed by atoms with E-state index in [0.29, 0.717) is 17.5 Å². The summed E-state index contributed by atoms with van der Waals surface area (Å²) in [6.45, 7) is 0. The Hall–Kier alpha value is -7.17.